The quantitative estimate of drug-likeness (QED) is 0.882. The molecule has 100 valence electrons. The number of pyridine rings is 1. The van der Waals surface area contributed by atoms with Crippen molar-refractivity contribution in [2.45, 2.75) is 58.4 Å². The molecule has 1 saturated carbocycles. The first-order chi connectivity index (χ1) is 8.52. The van der Waals surface area contributed by atoms with Crippen molar-refractivity contribution < 1.29 is 0 Å². The molecule has 1 fully saturated rings. The predicted octanol–water partition coefficient (Wildman–Crippen LogP) is 3.73. The minimum atomic E-state index is 0.252. The van der Waals surface area contributed by atoms with E-state index in [-0.39, 0.29) is 6.04 Å². The maximum Gasteiger partial charge on any atom is 0.0270 e. The molecule has 1 aliphatic rings. The summed E-state index contributed by atoms with van der Waals surface area (Å²) in [7, 11) is 0. The summed E-state index contributed by atoms with van der Waals surface area (Å²) < 4.78 is 0. The molecule has 1 aromatic rings. The first-order valence-electron chi connectivity index (χ1n) is 7.18. The molecular weight excluding hydrogens is 220 g/mol. The van der Waals surface area contributed by atoms with Crippen LogP contribution >= 0.6 is 0 Å². The van der Waals surface area contributed by atoms with Crippen LogP contribution in [0, 0.1) is 11.3 Å². The third-order valence-corrected chi connectivity index (χ3v) is 4.86. The molecule has 1 heterocycles. The van der Waals surface area contributed by atoms with Gasteiger partial charge in [-0.2, -0.15) is 0 Å². The third-order valence-electron chi connectivity index (χ3n) is 4.86. The Morgan fingerprint density at radius 1 is 1.28 bits per heavy atom. The molecule has 0 aromatic carbocycles. The average molecular weight is 246 g/mol. The van der Waals surface area contributed by atoms with E-state index in [9.17, 15) is 0 Å². The molecule has 3 unspecified atom stereocenters. The lowest BCUT2D eigenvalue weighted by Crippen LogP contribution is -2.44. The van der Waals surface area contributed by atoms with Gasteiger partial charge in [0.15, 0.2) is 0 Å². The maximum absolute atomic E-state index is 6.58. The van der Waals surface area contributed by atoms with Gasteiger partial charge >= 0.3 is 0 Å². The second kappa shape index (κ2) is 5.40. The third kappa shape index (κ3) is 2.74. The zero-order valence-corrected chi connectivity index (χ0v) is 11.9. The molecule has 0 spiro atoms. The van der Waals surface area contributed by atoms with Gasteiger partial charge in [-0.1, -0.05) is 33.6 Å². The Morgan fingerprint density at radius 3 is 2.56 bits per heavy atom. The summed E-state index contributed by atoms with van der Waals surface area (Å²) in [4.78, 5) is 4.09. The van der Waals surface area contributed by atoms with E-state index in [1.807, 2.05) is 12.4 Å². The number of nitrogens with two attached hydrogens (primary N) is 1. The Balaban J connectivity index is 2.13. The van der Waals surface area contributed by atoms with E-state index in [0.29, 0.717) is 17.3 Å². The smallest absolute Gasteiger partial charge is 0.0270 e. The fourth-order valence-corrected chi connectivity index (χ4v) is 3.47. The van der Waals surface area contributed by atoms with Crippen LogP contribution in [-0.2, 0) is 0 Å². The van der Waals surface area contributed by atoms with Crippen LogP contribution in [0.25, 0.3) is 0 Å². The summed E-state index contributed by atoms with van der Waals surface area (Å²) in [5, 5.41) is 0. The van der Waals surface area contributed by atoms with Gasteiger partial charge in [-0.15, -0.1) is 0 Å². The second-order valence-electron chi connectivity index (χ2n) is 6.49. The molecule has 0 bridgehead atoms. The fourth-order valence-electron chi connectivity index (χ4n) is 3.47. The van der Waals surface area contributed by atoms with Crippen molar-refractivity contribution in [2.75, 3.05) is 0 Å². The largest absolute Gasteiger partial charge is 0.327 e. The Labute approximate surface area is 111 Å². The molecule has 18 heavy (non-hydrogen) atoms. The number of hydrogen-bond donors (Lipinski definition) is 1. The Morgan fingerprint density at radius 2 is 1.94 bits per heavy atom. The van der Waals surface area contributed by atoms with Crippen LogP contribution in [0.15, 0.2) is 24.5 Å². The van der Waals surface area contributed by atoms with Crippen molar-refractivity contribution in [3.05, 3.63) is 30.1 Å². The van der Waals surface area contributed by atoms with Crippen LogP contribution in [0.5, 0.6) is 0 Å². The van der Waals surface area contributed by atoms with E-state index in [1.165, 1.54) is 31.2 Å². The maximum atomic E-state index is 6.58. The van der Waals surface area contributed by atoms with Crippen molar-refractivity contribution in [3.63, 3.8) is 0 Å². The number of hydrogen-bond acceptors (Lipinski definition) is 2. The first-order valence-corrected chi connectivity index (χ1v) is 7.18. The van der Waals surface area contributed by atoms with Crippen LogP contribution in [0.3, 0.4) is 0 Å². The summed E-state index contributed by atoms with van der Waals surface area (Å²) >= 11 is 0. The van der Waals surface area contributed by atoms with E-state index >= 15 is 0 Å². The van der Waals surface area contributed by atoms with Gasteiger partial charge in [-0.05, 0) is 47.8 Å². The summed E-state index contributed by atoms with van der Waals surface area (Å²) in [6.45, 7) is 7.02. The zero-order valence-electron chi connectivity index (χ0n) is 11.9. The van der Waals surface area contributed by atoms with Crippen LogP contribution in [0.2, 0.25) is 0 Å². The van der Waals surface area contributed by atoms with Crippen molar-refractivity contribution in [3.8, 4) is 0 Å². The Bertz CT molecular complexity index is 372. The molecule has 3 atom stereocenters. The number of nitrogens with zero attached hydrogens (tertiary/aromatic N) is 1. The van der Waals surface area contributed by atoms with Gasteiger partial charge in [0.25, 0.3) is 0 Å². The summed E-state index contributed by atoms with van der Waals surface area (Å²) in [6, 6.07) is 4.45. The van der Waals surface area contributed by atoms with Crippen molar-refractivity contribution in [1.82, 2.24) is 4.98 Å². The molecule has 2 nitrogen and oxygen atoms in total. The van der Waals surface area contributed by atoms with Gasteiger partial charge in [0.1, 0.15) is 0 Å². The fraction of sp³-hybridized carbons (Fsp3) is 0.688. The lowest BCUT2D eigenvalue weighted by Gasteiger charge is -2.44. The highest BCUT2D eigenvalue weighted by Gasteiger charge is 2.38. The number of aromatic nitrogens is 1. The topological polar surface area (TPSA) is 38.9 Å². The van der Waals surface area contributed by atoms with Crippen LogP contribution in [0.4, 0.5) is 0 Å². The average Bonchev–Trinajstić information content (AvgIpc) is 2.37. The molecule has 0 amide bonds. The van der Waals surface area contributed by atoms with E-state index < -0.39 is 0 Å². The van der Waals surface area contributed by atoms with E-state index in [0.717, 1.165) is 0 Å². The SMILES string of the molecule is CC(c1ccncc1)C(N)C1CCCCC1(C)C. The zero-order chi connectivity index (χ0) is 13.2. The minimum absolute atomic E-state index is 0.252. The minimum Gasteiger partial charge on any atom is -0.327 e. The van der Waals surface area contributed by atoms with Crippen LogP contribution < -0.4 is 5.73 Å². The summed E-state index contributed by atoms with van der Waals surface area (Å²) in [6.07, 6.45) is 9.03. The molecule has 1 aromatic heterocycles. The van der Waals surface area contributed by atoms with Gasteiger partial charge in [0.2, 0.25) is 0 Å². The molecule has 2 N–H and O–H groups in total. The normalized spacial score (nSPS) is 26.6. The monoisotopic (exact) mass is 246 g/mol. The van der Waals surface area contributed by atoms with Gasteiger partial charge in [0, 0.05) is 18.4 Å². The highest BCUT2D eigenvalue weighted by atomic mass is 14.7. The van der Waals surface area contributed by atoms with E-state index in [4.69, 9.17) is 5.73 Å². The summed E-state index contributed by atoms with van der Waals surface area (Å²) in [5.41, 5.74) is 8.29. The molecular formula is C16H26N2. The van der Waals surface area contributed by atoms with Crippen LogP contribution in [-0.4, -0.2) is 11.0 Å². The van der Waals surface area contributed by atoms with Crippen molar-refractivity contribution in [1.29, 1.82) is 0 Å². The van der Waals surface area contributed by atoms with Gasteiger partial charge in [0.05, 0.1) is 0 Å². The Kier molecular flexibility index (Phi) is 4.06. The number of rotatable bonds is 3. The lowest BCUT2D eigenvalue weighted by atomic mass is 9.63. The molecule has 0 saturated heterocycles. The highest BCUT2D eigenvalue weighted by Crippen LogP contribution is 2.44. The lowest BCUT2D eigenvalue weighted by molar-refractivity contribution is 0.104. The second-order valence-corrected chi connectivity index (χ2v) is 6.49. The summed E-state index contributed by atoms with van der Waals surface area (Å²) in [5.74, 6) is 1.05. The van der Waals surface area contributed by atoms with Gasteiger partial charge in [-0.25, -0.2) is 0 Å². The van der Waals surface area contributed by atoms with E-state index in [1.54, 1.807) is 0 Å². The molecule has 2 heteroatoms. The Hall–Kier alpha value is -0.890. The highest BCUT2D eigenvalue weighted by molar-refractivity contribution is 5.17. The van der Waals surface area contributed by atoms with Gasteiger partial charge < -0.3 is 5.73 Å². The first kappa shape index (κ1) is 13.5. The standard InChI is InChI=1S/C16H26N2/c1-12(13-7-10-18-11-8-13)15(17)14-6-4-5-9-16(14,2)3/h7-8,10-12,14-15H,4-6,9,17H2,1-3H3. The van der Waals surface area contributed by atoms with Crippen molar-refractivity contribution >= 4 is 0 Å². The molecule has 1 aliphatic carbocycles. The molecule has 2 rings (SSSR count). The van der Waals surface area contributed by atoms with E-state index in [2.05, 4.69) is 37.9 Å². The van der Waals surface area contributed by atoms with Crippen LogP contribution in [0.1, 0.15) is 57.9 Å². The molecule has 0 aliphatic heterocycles. The molecule has 0 radical (unpaired) electrons. The van der Waals surface area contributed by atoms with Gasteiger partial charge in [-0.3, -0.25) is 4.98 Å². The van der Waals surface area contributed by atoms with Crippen molar-refractivity contribution in [2.24, 2.45) is 17.1 Å². The predicted molar refractivity (Wildman–Crippen MR) is 76.4 cm³/mol.